The first-order chi connectivity index (χ1) is 13.7. The second kappa shape index (κ2) is 8.99. The smallest absolute Gasteiger partial charge is 0.410 e. The lowest BCUT2D eigenvalue weighted by Gasteiger charge is -2.33. The monoisotopic (exact) mass is 420 g/mol. The fourth-order valence-electron chi connectivity index (χ4n) is 3.32. The maximum atomic E-state index is 14.0. The number of hydrogen-bond acceptors (Lipinski definition) is 4. The molecule has 3 rings (SSSR count). The number of ether oxygens (including phenoxy) is 2. The zero-order valence-electron chi connectivity index (χ0n) is 17.0. The highest BCUT2D eigenvalue weighted by Gasteiger charge is 2.29. The third kappa shape index (κ3) is 5.82. The lowest BCUT2D eigenvalue weighted by molar-refractivity contribution is 0.0204. The van der Waals surface area contributed by atoms with Gasteiger partial charge in [0, 0.05) is 35.4 Å². The fraction of sp³-hybridized carbons (Fsp3) is 0.455. The minimum absolute atomic E-state index is 0.0732. The van der Waals surface area contributed by atoms with Gasteiger partial charge in [-0.25, -0.2) is 14.2 Å². The molecule has 0 radical (unpaired) electrons. The Hall–Kier alpha value is -2.34. The lowest BCUT2D eigenvalue weighted by atomic mass is 9.90. The lowest BCUT2D eigenvalue weighted by Crippen LogP contribution is -2.41. The standard InChI is InChI=1S/C22H26ClFN2O3/c1-22(2,3)29-21(27)26-11-8-15(9-12-26)18-5-4-10-25-20(18)28-14-16-6-7-17(23)13-19(16)24/h4-7,10,13,15H,8-9,11-12,14H2,1-3H3. The van der Waals surface area contributed by atoms with E-state index in [4.69, 9.17) is 21.1 Å². The molecule has 1 saturated heterocycles. The number of aromatic nitrogens is 1. The number of piperidine rings is 1. The number of carbonyl (C=O) groups excluding carboxylic acids is 1. The van der Waals surface area contributed by atoms with Crippen LogP contribution in [0, 0.1) is 5.82 Å². The Morgan fingerprint density at radius 1 is 1.28 bits per heavy atom. The van der Waals surface area contributed by atoms with Gasteiger partial charge in [-0.15, -0.1) is 0 Å². The summed E-state index contributed by atoms with van der Waals surface area (Å²) in [4.78, 5) is 18.3. The molecule has 1 aromatic heterocycles. The number of hydrogen-bond donors (Lipinski definition) is 0. The molecule has 1 aliphatic rings. The summed E-state index contributed by atoms with van der Waals surface area (Å²) in [5.41, 5.74) is 0.895. The molecule has 156 valence electrons. The zero-order chi connectivity index (χ0) is 21.0. The predicted octanol–water partition coefficient (Wildman–Crippen LogP) is 5.57. The number of nitrogens with zero attached hydrogens (tertiary/aromatic N) is 2. The van der Waals surface area contributed by atoms with Gasteiger partial charge in [-0.2, -0.15) is 0 Å². The van der Waals surface area contributed by atoms with E-state index < -0.39 is 11.4 Å². The Bertz CT molecular complexity index is 861. The van der Waals surface area contributed by atoms with Crippen LogP contribution in [0.3, 0.4) is 0 Å². The summed E-state index contributed by atoms with van der Waals surface area (Å²) in [5, 5.41) is 0.349. The van der Waals surface area contributed by atoms with Gasteiger partial charge in [0.25, 0.3) is 0 Å². The quantitative estimate of drug-likeness (QED) is 0.649. The molecule has 1 amide bonds. The number of benzene rings is 1. The first kappa shape index (κ1) is 21.4. The third-order valence-electron chi connectivity index (χ3n) is 4.77. The Morgan fingerprint density at radius 3 is 2.66 bits per heavy atom. The van der Waals surface area contributed by atoms with Crippen molar-refractivity contribution in [2.24, 2.45) is 0 Å². The van der Waals surface area contributed by atoms with Crippen LogP contribution >= 0.6 is 11.6 Å². The van der Waals surface area contributed by atoms with Crippen LogP contribution in [-0.4, -0.2) is 34.7 Å². The van der Waals surface area contributed by atoms with Crippen molar-refractivity contribution in [3.63, 3.8) is 0 Å². The van der Waals surface area contributed by atoms with Crippen LogP contribution in [0.25, 0.3) is 0 Å². The van der Waals surface area contributed by atoms with E-state index in [2.05, 4.69) is 4.98 Å². The van der Waals surface area contributed by atoms with Crippen LogP contribution in [0.2, 0.25) is 5.02 Å². The Morgan fingerprint density at radius 2 is 2.00 bits per heavy atom. The van der Waals surface area contributed by atoms with E-state index in [0.717, 1.165) is 18.4 Å². The van der Waals surface area contributed by atoms with Crippen LogP contribution in [0.5, 0.6) is 5.88 Å². The molecule has 7 heteroatoms. The topological polar surface area (TPSA) is 51.7 Å². The van der Waals surface area contributed by atoms with Crippen molar-refractivity contribution in [1.82, 2.24) is 9.88 Å². The minimum Gasteiger partial charge on any atom is -0.472 e. The highest BCUT2D eigenvalue weighted by Crippen LogP contribution is 2.33. The van der Waals surface area contributed by atoms with Crippen LogP contribution < -0.4 is 4.74 Å². The van der Waals surface area contributed by atoms with Crippen molar-refractivity contribution in [1.29, 1.82) is 0 Å². The Kier molecular flexibility index (Phi) is 6.63. The maximum absolute atomic E-state index is 14.0. The number of pyridine rings is 1. The van der Waals surface area contributed by atoms with Gasteiger partial charge >= 0.3 is 6.09 Å². The molecule has 0 aliphatic carbocycles. The SMILES string of the molecule is CC(C)(C)OC(=O)N1CCC(c2cccnc2OCc2ccc(Cl)cc2F)CC1. The highest BCUT2D eigenvalue weighted by atomic mass is 35.5. The first-order valence-corrected chi connectivity index (χ1v) is 10.1. The van der Waals surface area contributed by atoms with Gasteiger partial charge in [0.05, 0.1) is 0 Å². The largest absolute Gasteiger partial charge is 0.472 e. The van der Waals surface area contributed by atoms with Gasteiger partial charge in [0.1, 0.15) is 18.0 Å². The molecule has 29 heavy (non-hydrogen) atoms. The number of rotatable bonds is 4. The van der Waals surface area contributed by atoms with Crippen molar-refractivity contribution < 1.29 is 18.7 Å². The summed E-state index contributed by atoms with van der Waals surface area (Å²) < 4.78 is 25.3. The Labute approximate surface area is 175 Å². The van der Waals surface area contributed by atoms with Crippen molar-refractivity contribution in [2.75, 3.05) is 13.1 Å². The van der Waals surface area contributed by atoms with E-state index in [1.807, 2.05) is 32.9 Å². The maximum Gasteiger partial charge on any atom is 0.410 e. The number of likely N-dealkylation sites (tertiary alicyclic amines) is 1. The van der Waals surface area contributed by atoms with E-state index in [1.165, 1.54) is 6.07 Å². The van der Waals surface area contributed by atoms with E-state index in [-0.39, 0.29) is 18.6 Å². The van der Waals surface area contributed by atoms with Crippen molar-refractivity contribution in [2.45, 2.75) is 51.7 Å². The second-order valence-corrected chi connectivity index (χ2v) is 8.60. The number of carbonyl (C=O) groups is 1. The van der Waals surface area contributed by atoms with E-state index in [9.17, 15) is 9.18 Å². The summed E-state index contributed by atoms with van der Waals surface area (Å²) in [6.45, 7) is 6.88. The minimum atomic E-state index is -0.505. The van der Waals surface area contributed by atoms with Crippen LogP contribution in [0.1, 0.15) is 50.7 Å². The average molecular weight is 421 g/mol. The summed E-state index contributed by atoms with van der Waals surface area (Å²) in [6.07, 6.45) is 2.96. The molecule has 0 atom stereocenters. The summed E-state index contributed by atoms with van der Waals surface area (Å²) in [5.74, 6) is 0.311. The molecule has 1 aliphatic heterocycles. The molecule has 5 nitrogen and oxygen atoms in total. The average Bonchev–Trinajstić information content (AvgIpc) is 2.66. The molecule has 0 spiro atoms. The van der Waals surface area contributed by atoms with Gasteiger partial charge in [-0.1, -0.05) is 23.7 Å². The van der Waals surface area contributed by atoms with Gasteiger partial charge in [-0.3, -0.25) is 0 Å². The van der Waals surface area contributed by atoms with Crippen molar-refractivity contribution in [3.05, 3.63) is 58.5 Å². The molecule has 1 aromatic carbocycles. The van der Waals surface area contributed by atoms with Gasteiger partial charge in [-0.05, 0) is 57.7 Å². The molecule has 0 N–H and O–H groups in total. The Balaban J connectivity index is 1.63. The molecular weight excluding hydrogens is 395 g/mol. The summed E-state index contributed by atoms with van der Waals surface area (Å²) in [7, 11) is 0. The fourth-order valence-corrected chi connectivity index (χ4v) is 3.48. The van der Waals surface area contributed by atoms with Crippen molar-refractivity contribution >= 4 is 17.7 Å². The normalized spacial score (nSPS) is 15.3. The highest BCUT2D eigenvalue weighted by molar-refractivity contribution is 6.30. The summed E-state index contributed by atoms with van der Waals surface area (Å²) >= 11 is 5.80. The van der Waals surface area contributed by atoms with Crippen molar-refractivity contribution in [3.8, 4) is 5.88 Å². The van der Waals surface area contributed by atoms with E-state index in [0.29, 0.717) is 29.6 Å². The second-order valence-electron chi connectivity index (χ2n) is 8.16. The molecular formula is C22H26ClFN2O3. The predicted molar refractivity (Wildman–Crippen MR) is 110 cm³/mol. The molecule has 0 unspecified atom stereocenters. The van der Waals surface area contributed by atoms with Crippen LogP contribution in [0.4, 0.5) is 9.18 Å². The van der Waals surface area contributed by atoms with E-state index in [1.54, 1.807) is 23.2 Å². The number of amides is 1. The summed E-state index contributed by atoms with van der Waals surface area (Å²) in [6, 6.07) is 8.36. The first-order valence-electron chi connectivity index (χ1n) is 9.72. The third-order valence-corrected chi connectivity index (χ3v) is 5.00. The molecule has 0 bridgehead atoms. The van der Waals surface area contributed by atoms with Gasteiger partial charge in [0.15, 0.2) is 0 Å². The molecule has 2 aromatic rings. The van der Waals surface area contributed by atoms with Crippen LogP contribution in [0.15, 0.2) is 36.5 Å². The number of halogens is 2. The van der Waals surface area contributed by atoms with Crippen LogP contribution in [-0.2, 0) is 11.3 Å². The molecule has 1 fully saturated rings. The van der Waals surface area contributed by atoms with Gasteiger partial charge < -0.3 is 14.4 Å². The van der Waals surface area contributed by atoms with E-state index >= 15 is 0 Å². The van der Waals surface area contributed by atoms with Gasteiger partial charge in [0.2, 0.25) is 5.88 Å². The molecule has 2 heterocycles. The molecule has 0 saturated carbocycles. The zero-order valence-corrected chi connectivity index (χ0v) is 17.7.